The highest BCUT2D eigenvalue weighted by Crippen LogP contribution is 2.14. The predicted octanol–water partition coefficient (Wildman–Crippen LogP) is 0.968. The van der Waals surface area contributed by atoms with Crippen LogP contribution in [0.1, 0.15) is 24.8 Å². The van der Waals surface area contributed by atoms with Gasteiger partial charge in [-0.25, -0.2) is 9.97 Å². The van der Waals surface area contributed by atoms with Crippen molar-refractivity contribution < 1.29 is 0 Å². The molecule has 0 saturated carbocycles. The van der Waals surface area contributed by atoms with Crippen molar-refractivity contribution in [2.24, 2.45) is 5.73 Å². The van der Waals surface area contributed by atoms with Crippen LogP contribution in [0.15, 0.2) is 12.4 Å². The summed E-state index contributed by atoms with van der Waals surface area (Å²) in [6, 6.07) is 0. The summed E-state index contributed by atoms with van der Waals surface area (Å²) in [5.41, 5.74) is 6.60. The number of nitrogens with zero attached hydrogens (tertiary/aromatic N) is 3. The van der Waals surface area contributed by atoms with Gasteiger partial charge in [0.25, 0.3) is 0 Å². The van der Waals surface area contributed by atoms with Crippen molar-refractivity contribution in [3.05, 3.63) is 18.0 Å². The largest absolute Gasteiger partial charge is 0.341 e. The summed E-state index contributed by atoms with van der Waals surface area (Å²) in [4.78, 5) is 11.0. The Bertz CT molecular complexity index is 290. The molecular weight excluding hydrogens is 188 g/mol. The number of anilines is 1. The average Bonchev–Trinajstić information content (AvgIpc) is 2.32. The lowest BCUT2D eigenvalue weighted by Gasteiger charge is -2.26. The van der Waals surface area contributed by atoms with E-state index in [2.05, 4.69) is 14.9 Å². The first-order chi connectivity index (χ1) is 7.40. The molecule has 1 fully saturated rings. The SMILES string of the molecule is NCCc1cnc(N2CCCCC2)nc1. The average molecular weight is 206 g/mol. The van der Waals surface area contributed by atoms with Crippen molar-refractivity contribution >= 4 is 5.95 Å². The molecule has 0 amide bonds. The number of aromatic nitrogens is 2. The zero-order chi connectivity index (χ0) is 10.5. The summed E-state index contributed by atoms with van der Waals surface area (Å²) in [5, 5.41) is 0. The molecular formula is C11H18N4. The number of piperidine rings is 1. The molecule has 4 heteroatoms. The van der Waals surface area contributed by atoms with E-state index >= 15 is 0 Å². The molecule has 0 atom stereocenters. The molecule has 2 rings (SSSR count). The first kappa shape index (κ1) is 10.4. The Morgan fingerprint density at radius 1 is 1.13 bits per heavy atom. The monoisotopic (exact) mass is 206 g/mol. The Morgan fingerprint density at radius 2 is 1.80 bits per heavy atom. The molecule has 1 saturated heterocycles. The second-order valence-electron chi connectivity index (χ2n) is 3.98. The Morgan fingerprint density at radius 3 is 2.40 bits per heavy atom. The van der Waals surface area contributed by atoms with E-state index in [4.69, 9.17) is 5.73 Å². The minimum absolute atomic E-state index is 0.659. The van der Waals surface area contributed by atoms with Crippen LogP contribution in [0.4, 0.5) is 5.95 Å². The molecule has 0 spiro atoms. The lowest BCUT2D eigenvalue weighted by atomic mass is 10.1. The van der Waals surface area contributed by atoms with Gasteiger partial charge in [0.15, 0.2) is 0 Å². The van der Waals surface area contributed by atoms with Gasteiger partial charge < -0.3 is 10.6 Å². The van der Waals surface area contributed by atoms with E-state index in [-0.39, 0.29) is 0 Å². The molecule has 2 heterocycles. The van der Waals surface area contributed by atoms with Crippen LogP contribution < -0.4 is 10.6 Å². The molecule has 0 unspecified atom stereocenters. The smallest absolute Gasteiger partial charge is 0.225 e. The Kier molecular flexibility index (Phi) is 3.50. The van der Waals surface area contributed by atoms with Gasteiger partial charge in [-0.1, -0.05) is 0 Å². The molecule has 15 heavy (non-hydrogen) atoms. The van der Waals surface area contributed by atoms with E-state index in [0.717, 1.165) is 31.0 Å². The summed E-state index contributed by atoms with van der Waals surface area (Å²) < 4.78 is 0. The third kappa shape index (κ3) is 2.65. The molecule has 0 aliphatic carbocycles. The normalized spacial score (nSPS) is 16.7. The van der Waals surface area contributed by atoms with Crippen LogP contribution in [0.5, 0.6) is 0 Å². The summed E-state index contributed by atoms with van der Waals surface area (Å²) in [6.45, 7) is 2.85. The van der Waals surface area contributed by atoms with Crippen LogP contribution in [0.3, 0.4) is 0 Å². The van der Waals surface area contributed by atoms with Gasteiger partial charge in [0.05, 0.1) is 0 Å². The molecule has 1 aliphatic rings. The number of nitrogens with two attached hydrogens (primary N) is 1. The van der Waals surface area contributed by atoms with Gasteiger partial charge in [-0.3, -0.25) is 0 Å². The van der Waals surface area contributed by atoms with Crippen LogP contribution in [0.2, 0.25) is 0 Å². The Labute approximate surface area is 90.5 Å². The maximum atomic E-state index is 5.48. The molecule has 0 aromatic carbocycles. The van der Waals surface area contributed by atoms with Crippen molar-refractivity contribution in [3.8, 4) is 0 Å². The van der Waals surface area contributed by atoms with E-state index < -0.39 is 0 Å². The van der Waals surface area contributed by atoms with Crippen LogP contribution >= 0.6 is 0 Å². The van der Waals surface area contributed by atoms with Gasteiger partial charge in [0.1, 0.15) is 0 Å². The van der Waals surface area contributed by atoms with E-state index in [1.54, 1.807) is 0 Å². The molecule has 4 nitrogen and oxygen atoms in total. The first-order valence-corrected chi connectivity index (χ1v) is 5.66. The number of hydrogen-bond acceptors (Lipinski definition) is 4. The second kappa shape index (κ2) is 5.07. The first-order valence-electron chi connectivity index (χ1n) is 5.66. The van der Waals surface area contributed by atoms with Crippen molar-refractivity contribution in [1.82, 2.24) is 9.97 Å². The third-order valence-corrected chi connectivity index (χ3v) is 2.76. The maximum absolute atomic E-state index is 5.48. The van der Waals surface area contributed by atoms with Crippen LogP contribution in [0.25, 0.3) is 0 Å². The summed E-state index contributed by atoms with van der Waals surface area (Å²) in [6.07, 6.45) is 8.50. The zero-order valence-electron chi connectivity index (χ0n) is 9.02. The molecule has 1 aliphatic heterocycles. The topological polar surface area (TPSA) is 55.0 Å². The van der Waals surface area contributed by atoms with Gasteiger partial charge >= 0.3 is 0 Å². The molecule has 1 aromatic rings. The highest BCUT2D eigenvalue weighted by molar-refractivity contribution is 5.30. The maximum Gasteiger partial charge on any atom is 0.225 e. The van der Waals surface area contributed by atoms with E-state index in [0.29, 0.717) is 6.54 Å². The standard InChI is InChI=1S/C11H18N4/c12-5-4-10-8-13-11(14-9-10)15-6-2-1-3-7-15/h8-9H,1-7,12H2. The van der Waals surface area contributed by atoms with Gasteiger partial charge in [-0.15, -0.1) is 0 Å². The summed E-state index contributed by atoms with van der Waals surface area (Å²) in [5.74, 6) is 0.871. The zero-order valence-corrected chi connectivity index (χ0v) is 9.02. The lowest BCUT2D eigenvalue weighted by Crippen LogP contribution is -2.30. The Hall–Kier alpha value is -1.16. The van der Waals surface area contributed by atoms with Gasteiger partial charge in [0.2, 0.25) is 5.95 Å². The van der Waals surface area contributed by atoms with Crippen molar-refractivity contribution in [2.45, 2.75) is 25.7 Å². The van der Waals surface area contributed by atoms with Crippen LogP contribution in [-0.2, 0) is 6.42 Å². The molecule has 1 aromatic heterocycles. The fourth-order valence-corrected chi connectivity index (χ4v) is 1.90. The molecule has 2 N–H and O–H groups in total. The molecule has 0 radical (unpaired) electrons. The van der Waals surface area contributed by atoms with Crippen LogP contribution in [-0.4, -0.2) is 29.6 Å². The quantitative estimate of drug-likeness (QED) is 0.800. The van der Waals surface area contributed by atoms with Crippen LogP contribution in [0, 0.1) is 0 Å². The van der Waals surface area contributed by atoms with Crippen molar-refractivity contribution in [2.75, 3.05) is 24.5 Å². The minimum Gasteiger partial charge on any atom is -0.341 e. The highest BCUT2D eigenvalue weighted by atomic mass is 15.2. The summed E-state index contributed by atoms with van der Waals surface area (Å²) in [7, 11) is 0. The minimum atomic E-state index is 0.659. The van der Waals surface area contributed by atoms with E-state index in [1.807, 2.05) is 12.4 Å². The molecule has 0 bridgehead atoms. The van der Waals surface area contributed by atoms with E-state index in [9.17, 15) is 0 Å². The highest BCUT2D eigenvalue weighted by Gasteiger charge is 2.12. The summed E-state index contributed by atoms with van der Waals surface area (Å²) >= 11 is 0. The Balaban J connectivity index is 2.02. The predicted molar refractivity (Wildman–Crippen MR) is 60.9 cm³/mol. The van der Waals surface area contributed by atoms with Gasteiger partial charge in [0, 0.05) is 25.5 Å². The van der Waals surface area contributed by atoms with Crippen molar-refractivity contribution in [1.29, 1.82) is 0 Å². The van der Waals surface area contributed by atoms with E-state index in [1.165, 1.54) is 19.3 Å². The van der Waals surface area contributed by atoms with Gasteiger partial charge in [-0.2, -0.15) is 0 Å². The fraction of sp³-hybridized carbons (Fsp3) is 0.636. The van der Waals surface area contributed by atoms with Gasteiger partial charge in [-0.05, 0) is 37.8 Å². The van der Waals surface area contributed by atoms with Crippen molar-refractivity contribution in [3.63, 3.8) is 0 Å². The lowest BCUT2D eigenvalue weighted by molar-refractivity contribution is 0.568. The number of hydrogen-bond donors (Lipinski definition) is 1. The molecule has 82 valence electrons. The second-order valence-corrected chi connectivity index (χ2v) is 3.98. The number of rotatable bonds is 3. The fourth-order valence-electron chi connectivity index (χ4n) is 1.90. The third-order valence-electron chi connectivity index (χ3n) is 2.76.